The van der Waals surface area contributed by atoms with Crippen molar-refractivity contribution in [3.8, 4) is 21.8 Å². The zero-order valence-electron chi connectivity index (χ0n) is 11.9. The molecule has 2 heterocycles. The molecule has 4 rings (SSSR count). The molecule has 0 aliphatic carbocycles. The monoisotopic (exact) mass is 338 g/mol. The van der Waals surface area contributed by atoms with Crippen LogP contribution in [0.4, 0.5) is 0 Å². The van der Waals surface area contributed by atoms with Crippen LogP contribution in [0.3, 0.4) is 0 Å². The van der Waals surface area contributed by atoms with Crippen molar-refractivity contribution in [1.82, 2.24) is 9.97 Å². The number of nitrogens with one attached hydrogen (secondary N) is 1. The van der Waals surface area contributed by atoms with Crippen molar-refractivity contribution >= 4 is 33.2 Å². The summed E-state index contributed by atoms with van der Waals surface area (Å²) in [6.07, 6.45) is 0. The summed E-state index contributed by atoms with van der Waals surface area (Å²) in [6.45, 7) is 0. The van der Waals surface area contributed by atoms with Gasteiger partial charge in [0.05, 0.1) is 5.39 Å². The minimum atomic E-state index is -0.126. The van der Waals surface area contributed by atoms with E-state index in [1.54, 1.807) is 12.1 Å². The second kappa shape index (κ2) is 5.65. The Morgan fingerprint density at radius 3 is 2.43 bits per heavy atom. The minimum Gasteiger partial charge on any atom is -0.306 e. The molecule has 23 heavy (non-hydrogen) atoms. The van der Waals surface area contributed by atoms with Gasteiger partial charge < -0.3 is 4.98 Å². The standard InChI is InChI=1S/C18H11ClN2OS/c19-13-8-6-12(7-9-13)16-20-17(22)14-10-15(23-18(14)21-16)11-4-2-1-3-5-11/h1-10H,(H,20,21,22). The molecule has 0 saturated heterocycles. The normalized spacial score (nSPS) is 11.0. The minimum absolute atomic E-state index is 0.126. The summed E-state index contributed by atoms with van der Waals surface area (Å²) in [7, 11) is 0. The second-order valence-corrected chi connectivity index (χ2v) is 6.58. The lowest BCUT2D eigenvalue weighted by atomic mass is 10.2. The molecule has 0 spiro atoms. The van der Waals surface area contributed by atoms with Gasteiger partial charge in [0.15, 0.2) is 0 Å². The molecular weight excluding hydrogens is 328 g/mol. The molecule has 0 unspecified atom stereocenters. The molecule has 0 fully saturated rings. The van der Waals surface area contributed by atoms with Crippen molar-refractivity contribution in [3.05, 3.63) is 76.0 Å². The lowest BCUT2D eigenvalue weighted by molar-refractivity contribution is 1.19. The number of H-pyrrole nitrogens is 1. The van der Waals surface area contributed by atoms with E-state index in [-0.39, 0.29) is 5.56 Å². The highest BCUT2D eigenvalue weighted by Crippen LogP contribution is 2.31. The molecule has 2 aromatic carbocycles. The molecule has 0 radical (unpaired) electrons. The number of rotatable bonds is 2. The Hall–Kier alpha value is -2.43. The maximum atomic E-state index is 12.4. The number of nitrogens with zero attached hydrogens (tertiary/aromatic N) is 1. The molecule has 0 aliphatic heterocycles. The molecule has 4 aromatic rings. The molecule has 3 nitrogen and oxygen atoms in total. The summed E-state index contributed by atoms with van der Waals surface area (Å²) in [5, 5.41) is 1.27. The lowest BCUT2D eigenvalue weighted by Gasteiger charge is -2.00. The van der Waals surface area contributed by atoms with Crippen molar-refractivity contribution in [2.75, 3.05) is 0 Å². The van der Waals surface area contributed by atoms with Gasteiger partial charge in [0.25, 0.3) is 5.56 Å². The first kappa shape index (κ1) is 14.2. The Labute approximate surface area is 141 Å². The van der Waals surface area contributed by atoms with Crippen LogP contribution in [-0.2, 0) is 0 Å². The van der Waals surface area contributed by atoms with E-state index in [0.29, 0.717) is 16.2 Å². The number of fused-ring (bicyclic) bond motifs is 1. The molecule has 112 valence electrons. The van der Waals surface area contributed by atoms with Crippen LogP contribution >= 0.6 is 22.9 Å². The van der Waals surface area contributed by atoms with Gasteiger partial charge in [0.2, 0.25) is 0 Å². The van der Waals surface area contributed by atoms with Crippen molar-refractivity contribution in [3.63, 3.8) is 0 Å². The van der Waals surface area contributed by atoms with E-state index in [4.69, 9.17) is 11.6 Å². The van der Waals surface area contributed by atoms with Crippen LogP contribution in [0.15, 0.2) is 65.5 Å². The summed E-state index contributed by atoms with van der Waals surface area (Å²) in [5.74, 6) is 0.556. The zero-order chi connectivity index (χ0) is 15.8. The molecule has 2 aromatic heterocycles. The molecule has 0 saturated carbocycles. The third kappa shape index (κ3) is 2.67. The SMILES string of the molecule is O=c1[nH]c(-c2ccc(Cl)cc2)nc2sc(-c3ccccc3)cc12. The van der Waals surface area contributed by atoms with E-state index in [9.17, 15) is 4.79 Å². The highest BCUT2D eigenvalue weighted by atomic mass is 35.5. The van der Waals surface area contributed by atoms with Gasteiger partial charge in [-0.3, -0.25) is 4.79 Å². The molecule has 0 atom stereocenters. The summed E-state index contributed by atoms with van der Waals surface area (Å²) in [4.78, 5) is 21.6. The Morgan fingerprint density at radius 1 is 0.957 bits per heavy atom. The van der Waals surface area contributed by atoms with Crippen molar-refractivity contribution in [2.45, 2.75) is 0 Å². The molecule has 0 amide bonds. The summed E-state index contributed by atoms with van der Waals surface area (Å²) in [6, 6.07) is 19.1. The molecular formula is C18H11ClN2OS. The Bertz CT molecular complexity index is 1040. The van der Waals surface area contributed by atoms with E-state index >= 15 is 0 Å². The van der Waals surface area contributed by atoms with E-state index in [1.165, 1.54) is 11.3 Å². The number of hydrogen-bond donors (Lipinski definition) is 1. The maximum absolute atomic E-state index is 12.4. The van der Waals surface area contributed by atoms with E-state index in [0.717, 1.165) is 20.8 Å². The van der Waals surface area contributed by atoms with Crippen LogP contribution in [0.5, 0.6) is 0 Å². The predicted octanol–water partition coefficient (Wildman–Crippen LogP) is 4.97. The van der Waals surface area contributed by atoms with Gasteiger partial charge in [-0.05, 0) is 35.9 Å². The number of benzene rings is 2. The first-order chi connectivity index (χ1) is 11.2. The summed E-state index contributed by atoms with van der Waals surface area (Å²) < 4.78 is 0. The van der Waals surface area contributed by atoms with Crippen LogP contribution in [0.2, 0.25) is 5.02 Å². The summed E-state index contributed by atoms with van der Waals surface area (Å²) in [5.41, 5.74) is 1.80. The van der Waals surface area contributed by atoms with Gasteiger partial charge >= 0.3 is 0 Å². The van der Waals surface area contributed by atoms with Crippen LogP contribution < -0.4 is 5.56 Å². The van der Waals surface area contributed by atoms with Gasteiger partial charge in [-0.15, -0.1) is 11.3 Å². The van der Waals surface area contributed by atoms with Gasteiger partial charge in [-0.25, -0.2) is 4.98 Å². The molecule has 1 N–H and O–H groups in total. The number of hydrogen-bond acceptors (Lipinski definition) is 3. The van der Waals surface area contributed by atoms with Crippen LogP contribution in [0.1, 0.15) is 0 Å². The average molecular weight is 339 g/mol. The van der Waals surface area contributed by atoms with E-state index < -0.39 is 0 Å². The fourth-order valence-electron chi connectivity index (χ4n) is 2.42. The van der Waals surface area contributed by atoms with Gasteiger partial charge in [0.1, 0.15) is 10.7 Å². The molecule has 0 bridgehead atoms. The largest absolute Gasteiger partial charge is 0.306 e. The van der Waals surface area contributed by atoms with Crippen molar-refractivity contribution in [2.24, 2.45) is 0 Å². The van der Waals surface area contributed by atoms with Crippen molar-refractivity contribution < 1.29 is 0 Å². The first-order valence-electron chi connectivity index (χ1n) is 7.06. The third-order valence-electron chi connectivity index (χ3n) is 3.58. The van der Waals surface area contributed by atoms with E-state index in [2.05, 4.69) is 9.97 Å². The number of aromatic amines is 1. The quantitative estimate of drug-likeness (QED) is 0.560. The number of aromatic nitrogens is 2. The highest BCUT2D eigenvalue weighted by Gasteiger charge is 2.11. The highest BCUT2D eigenvalue weighted by molar-refractivity contribution is 7.21. The Morgan fingerprint density at radius 2 is 1.70 bits per heavy atom. The number of thiophene rings is 1. The lowest BCUT2D eigenvalue weighted by Crippen LogP contribution is -2.07. The van der Waals surface area contributed by atoms with Crippen LogP contribution in [0.25, 0.3) is 32.0 Å². The fourth-order valence-corrected chi connectivity index (χ4v) is 3.58. The van der Waals surface area contributed by atoms with Crippen molar-refractivity contribution in [1.29, 1.82) is 0 Å². The number of halogens is 1. The Balaban J connectivity index is 1.87. The van der Waals surface area contributed by atoms with Gasteiger partial charge in [0, 0.05) is 15.5 Å². The molecule has 0 aliphatic rings. The van der Waals surface area contributed by atoms with Gasteiger partial charge in [-0.1, -0.05) is 41.9 Å². The second-order valence-electron chi connectivity index (χ2n) is 5.12. The Kier molecular flexibility index (Phi) is 3.48. The third-order valence-corrected chi connectivity index (χ3v) is 4.91. The van der Waals surface area contributed by atoms with Crippen LogP contribution in [0, 0.1) is 0 Å². The topological polar surface area (TPSA) is 45.8 Å². The van der Waals surface area contributed by atoms with E-state index in [1.807, 2.05) is 48.5 Å². The summed E-state index contributed by atoms with van der Waals surface area (Å²) >= 11 is 7.43. The molecule has 5 heteroatoms. The predicted molar refractivity (Wildman–Crippen MR) is 96.1 cm³/mol. The van der Waals surface area contributed by atoms with Crippen LogP contribution in [-0.4, -0.2) is 9.97 Å². The van der Waals surface area contributed by atoms with Gasteiger partial charge in [-0.2, -0.15) is 0 Å². The first-order valence-corrected chi connectivity index (χ1v) is 8.25. The average Bonchev–Trinajstić information content (AvgIpc) is 3.01. The zero-order valence-corrected chi connectivity index (χ0v) is 13.5. The fraction of sp³-hybridized carbons (Fsp3) is 0. The maximum Gasteiger partial charge on any atom is 0.259 e. The smallest absolute Gasteiger partial charge is 0.259 e.